The molecule has 2 heterocycles. The number of nitrogens with one attached hydrogen (secondary N) is 2. The third kappa shape index (κ3) is 7.11. The van der Waals surface area contributed by atoms with Gasteiger partial charge in [0.15, 0.2) is 5.69 Å². The number of aromatic nitrogens is 2. The van der Waals surface area contributed by atoms with Gasteiger partial charge in [0.2, 0.25) is 5.78 Å². The van der Waals surface area contributed by atoms with Crippen molar-refractivity contribution >= 4 is 54.3 Å². The average molecular weight is 469 g/mol. The van der Waals surface area contributed by atoms with Gasteiger partial charge in [-0.3, -0.25) is 10.2 Å². The molecule has 1 amide bonds. The van der Waals surface area contributed by atoms with E-state index in [-0.39, 0.29) is 35.3 Å². The molecule has 0 radical (unpaired) electrons. The van der Waals surface area contributed by atoms with Crippen LogP contribution in [0.5, 0.6) is 0 Å². The zero-order chi connectivity index (χ0) is 22.3. The zero-order valence-corrected chi connectivity index (χ0v) is 19.9. The van der Waals surface area contributed by atoms with Gasteiger partial charge >= 0.3 is 12.1 Å². The third-order valence-corrected chi connectivity index (χ3v) is 7.10. The summed E-state index contributed by atoms with van der Waals surface area (Å²) in [6.07, 6.45) is -0.529. The molecule has 0 aliphatic heterocycles. The minimum atomic E-state index is -1.27. The van der Waals surface area contributed by atoms with E-state index in [9.17, 15) is 14.4 Å². The second kappa shape index (κ2) is 10.5. The fourth-order valence-electron chi connectivity index (χ4n) is 2.06. The van der Waals surface area contributed by atoms with Crippen LogP contribution in [0.2, 0.25) is 25.7 Å². The van der Waals surface area contributed by atoms with Crippen molar-refractivity contribution in [1.29, 1.82) is 5.41 Å². The molecule has 0 aliphatic carbocycles. The highest BCUT2D eigenvalue weighted by Gasteiger charge is 2.22. The molecule has 2 aromatic rings. The summed E-state index contributed by atoms with van der Waals surface area (Å²) >= 11 is 2.21. The number of alkyl carbamates (subject to hydrolysis) is 1. The first-order chi connectivity index (χ1) is 14.1. The van der Waals surface area contributed by atoms with Crippen molar-refractivity contribution in [3.63, 3.8) is 0 Å². The monoisotopic (exact) mass is 468 g/mol. The summed E-state index contributed by atoms with van der Waals surface area (Å²) in [6.45, 7) is 8.99. The molecule has 0 saturated carbocycles. The molecule has 0 saturated heterocycles. The highest BCUT2D eigenvalue weighted by atomic mass is 32.1. The lowest BCUT2D eigenvalue weighted by Crippen LogP contribution is -2.27. The first kappa shape index (κ1) is 23.8. The average Bonchev–Trinajstić information content (AvgIpc) is 3.34. The van der Waals surface area contributed by atoms with Crippen LogP contribution in [-0.2, 0) is 16.0 Å². The predicted octanol–water partition coefficient (Wildman–Crippen LogP) is 3.59. The topological polar surface area (TPSA) is 131 Å². The Labute approximate surface area is 183 Å². The molecule has 0 fully saturated rings. The molecule has 0 atom stereocenters. The van der Waals surface area contributed by atoms with Gasteiger partial charge in [0.25, 0.3) is 0 Å². The van der Waals surface area contributed by atoms with Crippen molar-refractivity contribution in [2.75, 3.05) is 13.2 Å². The third-order valence-electron chi connectivity index (χ3n) is 3.68. The molecule has 30 heavy (non-hydrogen) atoms. The maximum atomic E-state index is 12.5. The Morgan fingerprint density at radius 3 is 2.47 bits per heavy atom. The van der Waals surface area contributed by atoms with Gasteiger partial charge in [-0.05, 0) is 13.0 Å². The van der Waals surface area contributed by atoms with Crippen LogP contribution in [-0.4, -0.2) is 54.8 Å². The smallest absolute Gasteiger partial charge is 0.407 e. The number of Topliss-reactive ketones (excluding diaryl/α,β-unsaturated/α-hetero) is 1. The molecule has 0 spiro atoms. The van der Waals surface area contributed by atoms with Crippen molar-refractivity contribution in [3.8, 4) is 0 Å². The van der Waals surface area contributed by atoms with E-state index < -0.39 is 25.9 Å². The fourth-order valence-corrected chi connectivity index (χ4v) is 4.22. The van der Waals surface area contributed by atoms with Gasteiger partial charge in [0.05, 0.1) is 19.8 Å². The molecule has 2 aromatic heterocycles. The van der Waals surface area contributed by atoms with E-state index in [0.29, 0.717) is 11.6 Å². The number of ketones is 1. The summed E-state index contributed by atoms with van der Waals surface area (Å²) in [4.78, 5) is 44.1. The summed E-state index contributed by atoms with van der Waals surface area (Å²) in [7, 11) is -1.27. The van der Waals surface area contributed by atoms with Crippen molar-refractivity contribution in [3.05, 3.63) is 32.2 Å². The van der Waals surface area contributed by atoms with Crippen LogP contribution in [0.1, 0.15) is 37.9 Å². The van der Waals surface area contributed by atoms with Gasteiger partial charge in [-0.25, -0.2) is 19.6 Å². The maximum Gasteiger partial charge on any atom is 0.407 e. The molecule has 9 nitrogen and oxygen atoms in total. The van der Waals surface area contributed by atoms with Gasteiger partial charge in [-0.2, -0.15) is 0 Å². The molecular formula is C18H24N4O5S2Si. The standard InChI is InChI=1S/C18H24N4O5S2Si/c1-5-26-17(24)12-10-29-16(22-12)14(19)15(23)11-9-28-13(21-11)8-20-18(25)27-6-7-30(2,3)4/h9-10,19H,5-8H2,1-4H3,(H,20,25). The largest absolute Gasteiger partial charge is 0.461 e. The number of rotatable bonds is 10. The van der Waals surface area contributed by atoms with E-state index in [1.54, 1.807) is 6.92 Å². The Kier molecular flexibility index (Phi) is 8.38. The lowest BCUT2D eigenvalue weighted by atomic mass is 10.2. The molecule has 0 bridgehead atoms. The number of thiazole rings is 2. The molecule has 0 unspecified atom stereocenters. The summed E-state index contributed by atoms with van der Waals surface area (Å²) in [6, 6.07) is 0.882. The molecule has 162 valence electrons. The molecule has 12 heteroatoms. The summed E-state index contributed by atoms with van der Waals surface area (Å²) in [5, 5.41) is 14.2. The van der Waals surface area contributed by atoms with Gasteiger partial charge in [-0.1, -0.05) is 19.6 Å². The number of ether oxygens (including phenoxy) is 2. The van der Waals surface area contributed by atoms with E-state index in [0.717, 1.165) is 17.4 Å². The van der Waals surface area contributed by atoms with Gasteiger partial charge < -0.3 is 14.8 Å². The van der Waals surface area contributed by atoms with Crippen LogP contribution in [0.3, 0.4) is 0 Å². The second-order valence-corrected chi connectivity index (χ2v) is 14.8. The van der Waals surface area contributed by atoms with Crippen LogP contribution in [0.15, 0.2) is 10.8 Å². The molecule has 0 aromatic carbocycles. The fraction of sp³-hybridized carbons (Fsp3) is 0.444. The summed E-state index contributed by atoms with van der Waals surface area (Å²) in [5.74, 6) is -1.21. The van der Waals surface area contributed by atoms with E-state index in [1.165, 1.54) is 22.1 Å². The molecule has 2 rings (SSSR count). The Hall–Kier alpha value is -2.44. The number of hydrogen-bond acceptors (Lipinski definition) is 10. The first-order valence-electron chi connectivity index (χ1n) is 9.22. The summed E-state index contributed by atoms with van der Waals surface area (Å²) < 4.78 is 10.00. The molecule has 2 N–H and O–H groups in total. The van der Waals surface area contributed by atoms with Gasteiger partial charge in [-0.15, -0.1) is 22.7 Å². The quantitative estimate of drug-likeness (QED) is 0.236. The minimum absolute atomic E-state index is 0.0604. The number of amides is 1. The van der Waals surface area contributed by atoms with E-state index in [4.69, 9.17) is 14.9 Å². The Bertz CT molecular complexity index is 935. The van der Waals surface area contributed by atoms with E-state index in [1.807, 2.05) is 0 Å². The SMILES string of the molecule is CCOC(=O)c1csc(C(=N)C(=O)c2csc(CNC(=O)OCC[Si](C)(C)C)n2)n1. The first-order valence-corrected chi connectivity index (χ1v) is 14.7. The number of carbonyl (C=O) groups is 3. The highest BCUT2D eigenvalue weighted by Crippen LogP contribution is 2.16. The normalized spacial score (nSPS) is 11.1. The van der Waals surface area contributed by atoms with Crippen molar-refractivity contribution < 1.29 is 23.9 Å². The number of hydrogen-bond donors (Lipinski definition) is 2. The number of esters is 1. The highest BCUT2D eigenvalue weighted by molar-refractivity contribution is 7.13. The zero-order valence-electron chi connectivity index (χ0n) is 17.2. The Morgan fingerprint density at radius 2 is 1.80 bits per heavy atom. The van der Waals surface area contributed by atoms with Crippen LogP contribution in [0, 0.1) is 5.41 Å². The van der Waals surface area contributed by atoms with E-state index >= 15 is 0 Å². The van der Waals surface area contributed by atoms with Crippen LogP contribution in [0.4, 0.5) is 4.79 Å². The summed E-state index contributed by atoms with van der Waals surface area (Å²) in [5.41, 5.74) is -0.210. The molecular weight excluding hydrogens is 444 g/mol. The lowest BCUT2D eigenvalue weighted by molar-refractivity contribution is 0.0520. The van der Waals surface area contributed by atoms with Gasteiger partial charge in [0, 0.05) is 18.8 Å². The van der Waals surface area contributed by atoms with Gasteiger partial charge in [0.1, 0.15) is 21.4 Å². The lowest BCUT2D eigenvalue weighted by Gasteiger charge is -2.15. The van der Waals surface area contributed by atoms with E-state index in [2.05, 4.69) is 34.9 Å². The van der Waals surface area contributed by atoms with Crippen molar-refractivity contribution in [1.82, 2.24) is 15.3 Å². The number of nitrogens with zero attached hydrogens (tertiary/aromatic N) is 2. The minimum Gasteiger partial charge on any atom is -0.461 e. The van der Waals surface area contributed by atoms with Crippen molar-refractivity contribution in [2.24, 2.45) is 0 Å². The Balaban J connectivity index is 1.89. The van der Waals surface area contributed by atoms with Crippen LogP contribution in [0.25, 0.3) is 0 Å². The Morgan fingerprint density at radius 1 is 1.10 bits per heavy atom. The van der Waals surface area contributed by atoms with Crippen molar-refractivity contribution in [2.45, 2.75) is 39.2 Å². The predicted molar refractivity (Wildman–Crippen MR) is 118 cm³/mol. The maximum absolute atomic E-state index is 12.5. The number of carbonyl (C=O) groups excluding carboxylic acids is 3. The van der Waals surface area contributed by atoms with Crippen LogP contribution >= 0.6 is 22.7 Å². The molecule has 0 aliphatic rings. The second-order valence-electron chi connectivity index (χ2n) is 7.39. The van der Waals surface area contributed by atoms with Crippen LogP contribution < -0.4 is 5.32 Å².